The smallest absolute Gasteiger partial charge is 0.334 e. The quantitative estimate of drug-likeness (QED) is 0.898. The van der Waals surface area contributed by atoms with E-state index in [1.807, 2.05) is 6.92 Å². The van der Waals surface area contributed by atoms with Gasteiger partial charge in [-0.3, -0.25) is 4.79 Å². The van der Waals surface area contributed by atoms with Crippen LogP contribution in [-0.4, -0.2) is 44.4 Å². The highest BCUT2D eigenvalue weighted by atomic mass is 19.4. The molecule has 0 bridgehead atoms. The first-order valence-corrected chi connectivity index (χ1v) is 7.92. The van der Waals surface area contributed by atoms with Crippen LogP contribution in [0.15, 0.2) is 30.5 Å². The average molecular weight is 353 g/mol. The van der Waals surface area contributed by atoms with Gasteiger partial charge in [0.1, 0.15) is 0 Å². The normalized spacial score (nSPS) is 21.4. The van der Waals surface area contributed by atoms with E-state index in [1.165, 1.54) is 23.0 Å². The number of hydrogen-bond donors (Lipinski definition) is 1. The van der Waals surface area contributed by atoms with Gasteiger partial charge in [-0.15, -0.1) is 5.10 Å². The molecule has 2 heterocycles. The molecule has 134 valence electrons. The third-order valence-corrected chi connectivity index (χ3v) is 4.33. The molecular formula is C16H18F3N5O. The van der Waals surface area contributed by atoms with Crippen LogP contribution in [0.1, 0.15) is 35.8 Å². The molecule has 25 heavy (non-hydrogen) atoms. The van der Waals surface area contributed by atoms with Crippen molar-refractivity contribution in [3.05, 3.63) is 41.7 Å². The van der Waals surface area contributed by atoms with Gasteiger partial charge >= 0.3 is 6.18 Å². The second kappa shape index (κ2) is 6.47. The van der Waals surface area contributed by atoms with Crippen molar-refractivity contribution in [2.45, 2.75) is 38.0 Å². The van der Waals surface area contributed by atoms with E-state index in [2.05, 4.69) is 10.3 Å². The molecule has 3 rings (SSSR count). The molecule has 0 saturated carbocycles. The van der Waals surface area contributed by atoms with Gasteiger partial charge in [-0.2, -0.15) is 13.2 Å². The summed E-state index contributed by atoms with van der Waals surface area (Å²) in [5, 5.41) is 7.61. The zero-order chi connectivity index (χ0) is 18.2. The van der Waals surface area contributed by atoms with Crippen molar-refractivity contribution < 1.29 is 18.0 Å². The monoisotopic (exact) mass is 353 g/mol. The Morgan fingerprint density at radius 3 is 2.80 bits per heavy atom. The summed E-state index contributed by atoms with van der Waals surface area (Å²) >= 11 is 0. The minimum atomic E-state index is -4.45. The maximum atomic E-state index is 12.8. The van der Waals surface area contributed by atoms with Gasteiger partial charge in [0, 0.05) is 18.6 Å². The molecule has 0 aliphatic carbocycles. The number of amides is 1. The van der Waals surface area contributed by atoms with Gasteiger partial charge in [-0.05, 0) is 38.0 Å². The minimum absolute atomic E-state index is 0.0186. The van der Waals surface area contributed by atoms with Crippen molar-refractivity contribution in [3.8, 4) is 5.69 Å². The standard InChI is InChI=1S/C16H18F3N5O/c1-10-7-12(20)5-6-23(10)15(25)14-9-24(22-21-14)13-4-2-3-11(8-13)16(17,18)19/h2-4,8-10,12H,5-7,20H2,1H3. The number of likely N-dealkylation sites (tertiary alicyclic amines) is 1. The highest BCUT2D eigenvalue weighted by molar-refractivity contribution is 5.92. The molecule has 1 aromatic carbocycles. The maximum Gasteiger partial charge on any atom is 0.416 e. The largest absolute Gasteiger partial charge is 0.416 e. The number of halogens is 3. The molecule has 2 N–H and O–H groups in total. The van der Waals surface area contributed by atoms with Crippen LogP contribution in [0.2, 0.25) is 0 Å². The number of nitrogens with two attached hydrogens (primary N) is 1. The van der Waals surface area contributed by atoms with Crippen LogP contribution in [0.3, 0.4) is 0 Å². The lowest BCUT2D eigenvalue weighted by atomic mass is 9.99. The summed E-state index contributed by atoms with van der Waals surface area (Å²) in [6, 6.07) is 4.75. The van der Waals surface area contributed by atoms with Gasteiger partial charge < -0.3 is 10.6 Å². The van der Waals surface area contributed by atoms with Gasteiger partial charge in [0.15, 0.2) is 5.69 Å². The van der Waals surface area contributed by atoms with Crippen LogP contribution in [0.25, 0.3) is 5.69 Å². The van der Waals surface area contributed by atoms with Crippen molar-refractivity contribution in [3.63, 3.8) is 0 Å². The first-order valence-electron chi connectivity index (χ1n) is 7.92. The summed E-state index contributed by atoms with van der Waals surface area (Å²) in [6.45, 7) is 2.44. The van der Waals surface area contributed by atoms with Gasteiger partial charge in [0.05, 0.1) is 17.4 Å². The number of rotatable bonds is 2. The first kappa shape index (κ1) is 17.4. The summed E-state index contributed by atoms with van der Waals surface area (Å²) in [5.74, 6) is -0.294. The Labute approximate surface area is 142 Å². The molecule has 9 heteroatoms. The topological polar surface area (TPSA) is 77.0 Å². The lowest BCUT2D eigenvalue weighted by Crippen LogP contribution is -2.48. The third kappa shape index (κ3) is 3.65. The highest BCUT2D eigenvalue weighted by Crippen LogP contribution is 2.30. The number of hydrogen-bond acceptors (Lipinski definition) is 4. The number of piperidine rings is 1. The van der Waals surface area contributed by atoms with E-state index in [9.17, 15) is 18.0 Å². The van der Waals surface area contributed by atoms with Crippen molar-refractivity contribution in [2.24, 2.45) is 5.73 Å². The van der Waals surface area contributed by atoms with E-state index in [-0.39, 0.29) is 29.4 Å². The van der Waals surface area contributed by atoms with Crippen LogP contribution in [0.4, 0.5) is 13.2 Å². The lowest BCUT2D eigenvalue weighted by Gasteiger charge is -2.35. The maximum absolute atomic E-state index is 12.8. The van der Waals surface area contributed by atoms with Gasteiger partial charge in [-0.25, -0.2) is 4.68 Å². The van der Waals surface area contributed by atoms with Crippen molar-refractivity contribution >= 4 is 5.91 Å². The number of carbonyl (C=O) groups is 1. The van der Waals surface area contributed by atoms with Crippen molar-refractivity contribution in [2.75, 3.05) is 6.54 Å². The van der Waals surface area contributed by atoms with Crippen LogP contribution in [0, 0.1) is 0 Å². The fourth-order valence-electron chi connectivity index (χ4n) is 2.97. The molecule has 0 spiro atoms. The Morgan fingerprint density at radius 2 is 2.12 bits per heavy atom. The van der Waals surface area contributed by atoms with Gasteiger partial charge in [0.2, 0.25) is 0 Å². The zero-order valence-electron chi connectivity index (χ0n) is 13.6. The number of alkyl halides is 3. The Hall–Kier alpha value is -2.42. The summed E-state index contributed by atoms with van der Waals surface area (Å²) in [5.41, 5.74) is 5.40. The molecule has 2 atom stereocenters. The van der Waals surface area contributed by atoms with Crippen molar-refractivity contribution in [1.82, 2.24) is 19.9 Å². The lowest BCUT2D eigenvalue weighted by molar-refractivity contribution is -0.137. The van der Waals surface area contributed by atoms with Crippen LogP contribution >= 0.6 is 0 Å². The van der Waals surface area contributed by atoms with Crippen LogP contribution in [0.5, 0.6) is 0 Å². The molecule has 6 nitrogen and oxygen atoms in total. The number of carbonyl (C=O) groups excluding carboxylic acids is 1. The number of benzene rings is 1. The van der Waals surface area contributed by atoms with E-state index in [0.717, 1.165) is 12.1 Å². The van der Waals surface area contributed by atoms with Crippen molar-refractivity contribution in [1.29, 1.82) is 0 Å². The second-order valence-electron chi connectivity index (χ2n) is 6.23. The van der Waals surface area contributed by atoms with E-state index in [0.29, 0.717) is 19.4 Å². The summed E-state index contributed by atoms with van der Waals surface area (Å²) in [7, 11) is 0. The molecule has 1 aliphatic heterocycles. The Balaban J connectivity index is 1.82. The Morgan fingerprint density at radius 1 is 1.36 bits per heavy atom. The molecule has 1 aromatic heterocycles. The molecule has 1 fully saturated rings. The molecule has 1 saturated heterocycles. The number of nitrogens with zero attached hydrogens (tertiary/aromatic N) is 4. The highest BCUT2D eigenvalue weighted by Gasteiger charge is 2.31. The molecule has 0 radical (unpaired) electrons. The Kier molecular flexibility index (Phi) is 4.51. The zero-order valence-corrected chi connectivity index (χ0v) is 13.6. The van der Waals surface area contributed by atoms with Gasteiger partial charge in [0.25, 0.3) is 5.91 Å². The third-order valence-electron chi connectivity index (χ3n) is 4.33. The summed E-state index contributed by atoms with van der Waals surface area (Å²) in [6.07, 6.45) is -1.69. The fourth-order valence-corrected chi connectivity index (χ4v) is 2.97. The van der Waals surface area contributed by atoms with E-state index >= 15 is 0 Å². The first-order chi connectivity index (χ1) is 11.8. The number of aromatic nitrogens is 3. The summed E-state index contributed by atoms with van der Waals surface area (Å²) < 4.78 is 39.6. The van der Waals surface area contributed by atoms with E-state index in [1.54, 1.807) is 4.90 Å². The molecule has 2 unspecified atom stereocenters. The molecule has 2 aromatic rings. The SMILES string of the molecule is CC1CC(N)CCN1C(=O)c1cn(-c2cccc(C(F)(F)F)c2)nn1. The second-order valence-corrected chi connectivity index (χ2v) is 6.23. The average Bonchev–Trinajstić information content (AvgIpc) is 3.04. The Bertz CT molecular complexity index is 773. The predicted molar refractivity (Wildman–Crippen MR) is 84.1 cm³/mol. The van der Waals surface area contributed by atoms with E-state index in [4.69, 9.17) is 5.73 Å². The molecule has 1 amide bonds. The van der Waals surface area contributed by atoms with E-state index < -0.39 is 11.7 Å². The predicted octanol–water partition coefficient (Wildman–Crippen LogP) is 2.24. The van der Waals surface area contributed by atoms with Crippen LogP contribution in [-0.2, 0) is 6.18 Å². The fraction of sp³-hybridized carbons (Fsp3) is 0.438. The molecular weight excluding hydrogens is 335 g/mol. The minimum Gasteiger partial charge on any atom is -0.334 e. The summed E-state index contributed by atoms with van der Waals surface area (Å²) in [4.78, 5) is 14.2. The molecule has 1 aliphatic rings. The van der Waals surface area contributed by atoms with Gasteiger partial charge in [-0.1, -0.05) is 11.3 Å². The van der Waals surface area contributed by atoms with Crippen LogP contribution < -0.4 is 5.73 Å².